The van der Waals surface area contributed by atoms with E-state index in [-0.39, 0.29) is 0 Å². The SMILES string of the molecule is [C-]#[N+]c1ccc([Si](C)(C)c2cc(C)cc3c2Cc2c-3cc(C)cc2[Si](C)(C)c2ccc(C#N)cc2)cc1. The minimum absolute atomic E-state index is 0.700. The van der Waals surface area contributed by atoms with E-state index in [1.165, 1.54) is 54.1 Å². The number of hydrogen-bond acceptors (Lipinski definition) is 1. The predicted octanol–water partition coefficient (Wildman–Crippen LogP) is 5.94. The van der Waals surface area contributed by atoms with Crippen LogP contribution in [0.1, 0.15) is 27.8 Å². The molecule has 0 aliphatic heterocycles. The molecule has 4 aromatic rings. The van der Waals surface area contributed by atoms with Crippen LogP contribution in [0.15, 0.2) is 72.8 Å². The van der Waals surface area contributed by atoms with Gasteiger partial charge in [0.2, 0.25) is 0 Å². The van der Waals surface area contributed by atoms with E-state index in [4.69, 9.17) is 6.57 Å². The highest BCUT2D eigenvalue weighted by molar-refractivity contribution is 7.01. The Morgan fingerprint density at radius 3 is 1.54 bits per heavy atom. The molecule has 2 nitrogen and oxygen atoms in total. The number of aryl methyl sites for hydroxylation is 2. The fourth-order valence-electron chi connectivity index (χ4n) is 6.01. The van der Waals surface area contributed by atoms with Crippen LogP contribution in [-0.4, -0.2) is 16.1 Å². The largest absolute Gasteiger partial charge is 0.238 e. The predicted molar refractivity (Wildman–Crippen MR) is 162 cm³/mol. The molecule has 1 aliphatic rings. The van der Waals surface area contributed by atoms with E-state index in [9.17, 15) is 5.26 Å². The van der Waals surface area contributed by atoms with Gasteiger partial charge in [0.05, 0.1) is 18.2 Å². The summed E-state index contributed by atoms with van der Waals surface area (Å²) in [6.45, 7) is 21.5. The smallest absolute Gasteiger partial charge is 0.187 e. The van der Waals surface area contributed by atoms with Crippen LogP contribution >= 0.6 is 0 Å². The van der Waals surface area contributed by atoms with Gasteiger partial charge in [-0.25, -0.2) is 4.85 Å². The number of hydrogen-bond donors (Lipinski definition) is 0. The van der Waals surface area contributed by atoms with Crippen molar-refractivity contribution in [1.29, 1.82) is 5.26 Å². The molecule has 0 saturated carbocycles. The Kier molecular flexibility index (Phi) is 6.07. The highest BCUT2D eigenvalue weighted by Gasteiger charge is 2.36. The maximum atomic E-state index is 9.29. The van der Waals surface area contributed by atoms with Gasteiger partial charge in [0.25, 0.3) is 0 Å². The summed E-state index contributed by atoms with van der Waals surface area (Å²) in [6, 6.07) is 28.4. The molecule has 0 heterocycles. The Bertz CT molecular complexity index is 1490. The molecule has 4 heteroatoms. The molecule has 4 aromatic carbocycles. The van der Waals surface area contributed by atoms with Gasteiger partial charge in [-0.05, 0) is 54.7 Å². The van der Waals surface area contributed by atoms with Crippen molar-refractivity contribution in [1.82, 2.24) is 0 Å². The summed E-state index contributed by atoms with van der Waals surface area (Å²) in [5, 5.41) is 15.0. The second-order valence-corrected chi connectivity index (χ2v) is 20.2. The topological polar surface area (TPSA) is 28.1 Å². The van der Waals surface area contributed by atoms with Crippen molar-refractivity contribution in [3.8, 4) is 17.2 Å². The van der Waals surface area contributed by atoms with Crippen molar-refractivity contribution in [2.24, 2.45) is 0 Å². The molecule has 5 rings (SSSR count). The van der Waals surface area contributed by atoms with Crippen molar-refractivity contribution in [3.63, 3.8) is 0 Å². The van der Waals surface area contributed by atoms with Gasteiger partial charge in [-0.1, -0.05) is 119 Å². The number of fused-ring (bicyclic) bond motifs is 3. The van der Waals surface area contributed by atoms with Gasteiger partial charge < -0.3 is 0 Å². The molecule has 0 aromatic heterocycles. The maximum Gasteiger partial charge on any atom is 0.187 e. The lowest BCUT2D eigenvalue weighted by atomic mass is 10.0. The van der Waals surface area contributed by atoms with Crippen LogP contribution in [0, 0.1) is 31.8 Å². The summed E-state index contributed by atoms with van der Waals surface area (Å²) in [4.78, 5) is 3.59. The molecule has 37 heavy (non-hydrogen) atoms. The first-order chi connectivity index (χ1) is 17.6. The standard InChI is InChI=1S/C33H32N2Si2/c1-22-16-28-29-17-23(2)19-33(37(6,7)27-14-10-25(35-3)11-15-27)31(29)20-30(28)32(18-22)36(4,5)26-12-8-24(21-34)9-13-26/h8-19H,20H2,1-2,4-7H3. The summed E-state index contributed by atoms with van der Waals surface area (Å²) in [6.07, 6.45) is 0.971. The van der Waals surface area contributed by atoms with E-state index >= 15 is 0 Å². The van der Waals surface area contributed by atoms with Crippen LogP contribution in [0.5, 0.6) is 0 Å². The number of rotatable bonds is 4. The normalized spacial score (nSPS) is 12.4. The van der Waals surface area contributed by atoms with E-state index < -0.39 is 16.1 Å². The van der Waals surface area contributed by atoms with Gasteiger partial charge in [-0.15, -0.1) is 0 Å². The Hall–Kier alpha value is -3.71. The summed E-state index contributed by atoms with van der Waals surface area (Å²) in [7, 11) is -3.99. The summed E-state index contributed by atoms with van der Waals surface area (Å²) >= 11 is 0. The zero-order valence-corrected chi connectivity index (χ0v) is 24.5. The third-order valence-electron chi connectivity index (χ3n) is 8.23. The first-order valence-corrected chi connectivity index (χ1v) is 18.8. The number of nitrogens with zero attached hydrogens (tertiary/aromatic N) is 2. The minimum Gasteiger partial charge on any atom is -0.238 e. The summed E-state index contributed by atoms with van der Waals surface area (Å²) < 4.78 is 0. The van der Waals surface area contributed by atoms with E-state index in [2.05, 4.69) is 99.5 Å². The molecule has 0 atom stereocenters. The van der Waals surface area contributed by atoms with E-state index in [1.54, 1.807) is 0 Å². The zero-order valence-electron chi connectivity index (χ0n) is 22.5. The van der Waals surface area contributed by atoms with Crippen molar-refractivity contribution in [2.45, 2.75) is 46.5 Å². The van der Waals surface area contributed by atoms with Gasteiger partial charge in [0.1, 0.15) is 16.1 Å². The first kappa shape index (κ1) is 25.0. The average Bonchev–Trinajstić information content (AvgIpc) is 3.25. The van der Waals surface area contributed by atoms with Crippen molar-refractivity contribution >= 4 is 42.6 Å². The van der Waals surface area contributed by atoms with Crippen LogP contribution in [0.2, 0.25) is 26.2 Å². The Morgan fingerprint density at radius 2 is 1.14 bits per heavy atom. The maximum absolute atomic E-state index is 9.29. The number of nitriles is 1. The fraction of sp³-hybridized carbons (Fsp3) is 0.212. The molecule has 0 N–H and O–H groups in total. The fourth-order valence-corrected chi connectivity index (χ4v) is 11.8. The van der Waals surface area contributed by atoms with E-state index in [1.807, 2.05) is 24.3 Å². The van der Waals surface area contributed by atoms with Gasteiger partial charge in [0, 0.05) is 0 Å². The average molecular weight is 513 g/mol. The molecule has 0 spiro atoms. The minimum atomic E-state index is -2.00. The van der Waals surface area contributed by atoms with Gasteiger partial charge >= 0.3 is 0 Å². The lowest BCUT2D eigenvalue weighted by molar-refractivity contribution is 1.27. The monoisotopic (exact) mass is 512 g/mol. The highest BCUT2D eigenvalue weighted by atomic mass is 28.3. The summed E-state index contributed by atoms with van der Waals surface area (Å²) in [5.74, 6) is 0. The molecule has 0 saturated heterocycles. The molecular formula is C33H32N2Si2. The molecule has 0 fully saturated rings. The second-order valence-electron chi connectivity index (χ2n) is 11.5. The molecule has 0 bridgehead atoms. The highest BCUT2D eigenvalue weighted by Crippen LogP contribution is 2.38. The zero-order chi connectivity index (χ0) is 26.5. The van der Waals surface area contributed by atoms with Crippen molar-refractivity contribution in [3.05, 3.63) is 112 Å². The van der Waals surface area contributed by atoms with E-state index in [0.29, 0.717) is 11.3 Å². The van der Waals surface area contributed by atoms with Gasteiger partial charge in [0.15, 0.2) is 5.69 Å². The Morgan fingerprint density at radius 1 is 0.703 bits per heavy atom. The quantitative estimate of drug-likeness (QED) is 0.216. The first-order valence-electron chi connectivity index (χ1n) is 12.8. The Balaban J connectivity index is 1.67. The third kappa shape index (κ3) is 4.17. The van der Waals surface area contributed by atoms with Crippen LogP contribution in [0.4, 0.5) is 5.69 Å². The van der Waals surface area contributed by atoms with Crippen LogP contribution in [-0.2, 0) is 6.42 Å². The molecular weight excluding hydrogens is 481 g/mol. The van der Waals surface area contributed by atoms with E-state index in [0.717, 1.165) is 6.42 Å². The van der Waals surface area contributed by atoms with Gasteiger partial charge in [-0.2, -0.15) is 5.26 Å². The second kappa shape index (κ2) is 9.00. The number of benzene rings is 4. The van der Waals surface area contributed by atoms with Crippen molar-refractivity contribution < 1.29 is 0 Å². The van der Waals surface area contributed by atoms with Crippen LogP contribution in [0.3, 0.4) is 0 Å². The van der Waals surface area contributed by atoms with Crippen LogP contribution in [0.25, 0.3) is 16.0 Å². The van der Waals surface area contributed by atoms with Gasteiger partial charge in [-0.3, -0.25) is 0 Å². The summed E-state index contributed by atoms with van der Waals surface area (Å²) in [5.41, 5.74) is 9.81. The third-order valence-corrected chi connectivity index (χ3v) is 15.4. The molecule has 1 aliphatic carbocycles. The van der Waals surface area contributed by atoms with Crippen LogP contribution < -0.4 is 20.7 Å². The molecule has 182 valence electrons. The lowest BCUT2D eigenvalue weighted by Crippen LogP contribution is -2.55. The Labute approximate surface area is 223 Å². The molecule has 0 unspecified atom stereocenters. The lowest BCUT2D eigenvalue weighted by Gasteiger charge is -2.28. The molecule has 0 amide bonds. The van der Waals surface area contributed by atoms with Crippen molar-refractivity contribution in [2.75, 3.05) is 0 Å². The molecule has 0 radical (unpaired) electrons.